The zero-order chi connectivity index (χ0) is 34.0. The topological polar surface area (TPSA) is 3.24 Å². The normalized spacial score (nSPS) is 11.1. The molecule has 0 bridgehead atoms. The molecular weight excluding hydrogens is 615 g/mol. The third-order valence-corrected chi connectivity index (χ3v) is 9.80. The second-order valence-electron chi connectivity index (χ2n) is 13.0. The van der Waals surface area contributed by atoms with Crippen molar-refractivity contribution in [3.8, 4) is 44.5 Å². The molecule has 0 aliphatic rings. The first-order chi connectivity index (χ1) is 25.3. The highest BCUT2D eigenvalue weighted by molar-refractivity contribution is 5.99. The number of nitrogens with zero attached hydrogens (tertiary/aromatic N) is 1. The molecule has 0 aliphatic carbocycles. The van der Waals surface area contributed by atoms with Gasteiger partial charge in [-0.2, -0.15) is 0 Å². The Hall–Kier alpha value is -6.70. The highest BCUT2D eigenvalue weighted by atomic mass is 15.1. The van der Waals surface area contributed by atoms with Crippen molar-refractivity contribution in [2.45, 2.75) is 0 Å². The van der Waals surface area contributed by atoms with Gasteiger partial charge in [-0.15, -0.1) is 0 Å². The molecule has 0 atom stereocenters. The van der Waals surface area contributed by atoms with Gasteiger partial charge in [-0.1, -0.05) is 170 Å². The first-order valence-electron chi connectivity index (χ1n) is 17.5. The molecule has 0 heterocycles. The first-order valence-corrected chi connectivity index (χ1v) is 17.5. The largest absolute Gasteiger partial charge is 0.310 e. The smallest absolute Gasteiger partial charge is 0.0473 e. The van der Waals surface area contributed by atoms with E-state index in [9.17, 15) is 0 Å². The summed E-state index contributed by atoms with van der Waals surface area (Å²) in [5.74, 6) is 0. The molecule has 0 aliphatic heterocycles. The van der Waals surface area contributed by atoms with Gasteiger partial charge in [-0.05, 0) is 109 Å². The highest BCUT2D eigenvalue weighted by Gasteiger charge is 2.18. The van der Waals surface area contributed by atoms with Gasteiger partial charge < -0.3 is 4.90 Å². The summed E-state index contributed by atoms with van der Waals surface area (Å²) in [4.78, 5) is 2.42. The number of hydrogen-bond donors (Lipinski definition) is 0. The van der Waals surface area contributed by atoms with E-state index in [0.717, 1.165) is 17.1 Å². The summed E-state index contributed by atoms with van der Waals surface area (Å²) in [7, 11) is 0. The second kappa shape index (κ2) is 13.3. The lowest BCUT2D eigenvalue weighted by molar-refractivity contribution is 1.28. The third-order valence-electron chi connectivity index (χ3n) is 9.80. The fourth-order valence-corrected chi connectivity index (χ4v) is 7.36. The van der Waals surface area contributed by atoms with E-state index in [2.05, 4.69) is 217 Å². The van der Waals surface area contributed by atoms with Gasteiger partial charge in [0.2, 0.25) is 0 Å². The average Bonchev–Trinajstić information content (AvgIpc) is 3.21. The van der Waals surface area contributed by atoms with Crippen molar-refractivity contribution in [1.29, 1.82) is 0 Å². The van der Waals surface area contributed by atoms with Crippen LogP contribution >= 0.6 is 0 Å². The van der Waals surface area contributed by atoms with E-state index in [1.807, 2.05) is 0 Å². The van der Waals surface area contributed by atoms with Crippen LogP contribution < -0.4 is 4.90 Å². The summed E-state index contributed by atoms with van der Waals surface area (Å²) in [6.45, 7) is 0. The van der Waals surface area contributed by atoms with Crippen molar-refractivity contribution in [3.63, 3.8) is 0 Å². The van der Waals surface area contributed by atoms with Gasteiger partial charge in [-0.25, -0.2) is 0 Å². The van der Waals surface area contributed by atoms with E-state index in [1.54, 1.807) is 0 Å². The summed E-state index contributed by atoms with van der Waals surface area (Å²) >= 11 is 0. The molecule has 0 unspecified atom stereocenters. The lowest BCUT2D eigenvalue weighted by Crippen LogP contribution is -2.10. The van der Waals surface area contributed by atoms with Crippen molar-refractivity contribution in [1.82, 2.24) is 0 Å². The van der Waals surface area contributed by atoms with Gasteiger partial charge in [0.25, 0.3) is 0 Å². The molecule has 0 N–H and O–H groups in total. The maximum Gasteiger partial charge on any atom is 0.0473 e. The number of benzene rings is 9. The molecule has 0 saturated heterocycles. The van der Waals surface area contributed by atoms with Crippen molar-refractivity contribution in [2.24, 2.45) is 0 Å². The molecule has 1 heteroatoms. The van der Waals surface area contributed by atoms with Crippen molar-refractivity contribution >= 4 is 38.6 Å². The van der Waals surface area contributed by atoms with Crippen LogP contribution in [0.4, 0.5) is 17.1 Å². The number of hydrogen-bond acceptors (Lipinski definition) is 1. The molecule has 0 aromatic heterocycles. The standard InChI is InChI=1S/C50H35N/c1-3-15-36(16-4-1)42-31-43(37-17-5-2-6-18-37)35-46(34-42)51(44-25-11-23-40(32-44)49-29-13-21-38-19-7-9-27-47(38)49)45-26-12-24-41(33-45)50-30-14-22-39-20-8-10-28-48(39)50/h1-35H. The molecule has 0 radical (unpaired) electrons. The van der Waals surface area contributed by atoms with Gasteiger partial charge in [-0.3, -0.25) is 0 Å². The fourth-order valence-electron chi connectivity index (χ4n) is 7.36. The molecule has 0 amide bonds. The molecule has 0 saturated carbocycles. The molecular formula is C50H35N. The minimum absolute atomic E-state index is 1.10. The monoisotopic (exact) mass is 649 g/mol. The van der Waals surface area contributed by atoms with Crippen LogP contribution in [0.1, 0.15) is 0 Å². The molecule has 9 aromatic rings. The molecule has 240 valence electrons. The van der Waals surface area contributed by atoms with Crippen LogP contribution in [0.15, 0.2) is 212 Å². The van der Waals surface area contributed by atoms with E-state index < -0.39 is 0 Å². The van der Waals surface area contributed by atoms with Crippen LogP contribution in [0.25, 0.3) is 66.1 Å². The Morgan fingerprint density at radius 2 is 0.608 bits per heavy atom. The van der Waals surface area contributed by atoms with E-state index in [4.69, 9.17) is 0 Å². The molecule has 0 spiro atoms. The number of rotatable bonds is 7. The van der Waals surface area contributed by atoms with E-state index in [0.29, 0.717) is 0 Å². The SMILES string of the molecule is c1ccc(-c2cc(-c3ccccc3)cc(N(c3cccc(-c4cccc5ccccc45)c3)c3cccc(-c4cccc5ccccc45)c3)c2)cc1. The summed E-state index contributed by atoms with van der Waals surface area (Å²) in [5, 5.41) is 4.98. The fraction of sp³-hybridized carbons (Fsp3) is 0. The molecule has 9 rings (SSSR count). The van der Waals surface area contributed by atoms with Crippen LogP contribution in [0.5, 0.6) is 0 Å². The van der Waals surface area contributed by atoms with Crippen LogP contribution in [0.2, 0.25) is 0 Å². The summed E-state index contributed by atoms with van der Waals surface area (Å²) in [6, 6.07) is 76.8. The third kappa shape index (κ3) is 5.96. The lowest BCUT2D eigenvalue weighted by Gasteiger charge is -2.28. The van der Waals surface area contributed by atoms with Gasteiger partial charge >= 0.3 is 0 Å². The van der Waals surface area contributed by atoms with Crippen molar-refractivity contribution < 1.29 is 0 Å². The van der Waals surface area contributed by atoms with Crippen LogP contribution in [0.3, 0.4) is 0 Å². The molecule has 51 heavy (non-hydrogen) atoms. The van der Waals surface area contributed by atoms with Gasteiger partial charge in [0.15, 0.2) is 0 Å². The summed E-state index contributed by atoms with van der Waals surface area (Å²) < 4.78 is 0. The predicted octanol–water partition coefficient (Wildman–Crippen LogP) is 14.1. The van der Waals surface area contributed by atoms with Crippen LogP contribution in [-0.2, 0) is 0 Å². The summed E-state index contributed by atoms with van der Waals surface area (Å²) in [6.07, 6.45) is 0. The second-order valence-corrected chi connectivity index (χ2v) is 13.0. The Balaban J connectivity index is 1.28. The number of anilines is 3. The van der Waals surface area contributed by atoms with E-state index >= 15 is 0 Å². The van der Waals surface area contributed by atoms with E-state index in [-0.39, 0.29) is 0 Å². The lowest BCUT2D eigenvalue weighted by atomic mass is 9.95. The number of fused-ring (bicyclic) bond motifs is 2. The maximum absolute atomic E-state index is 2.42. The summed E-state index contributed by atoms with van der Waals surface area (Å²) in [5.41, 5.74) is 12.8. The average molecular weight is 650 g/mol. The molecule has 9 aromatic carbocycles. The Morgan fingerprint density at radius 3 is 1.10 bits per heavy atom. The van der Waals surface area contributed by atoms with Gasteiger partial charge in [0.05, 0.1) is 0 Å². The van der Waals surface area contributed by atoms with Crippen molar-refractivity contribution in [2.75, 3.05) is 4.90 Å². The minimum atomic E-state index is 1.10. The Morgan fingerprint density at radius 1 is 0.235 bits per heavy atom. The zero-order valence-corrected chi connectivity index (χ0v) is 28.2. The molecule has 0 fully saturated rings. The minimum Gasteiger partial charge on any atom is -0.310 e. The van der Waals surface area contributed by atoms with Crippen molar-refractivity contribution in [3.05, 3.63) is 212 Å². The Labute approximate surface area is 299 Å². The van der Waals surface area contributed by atoms with Crippen LogP contribution in [0, 0.1) is 0 Å². The van der Waals surface area contributed by atoms with Gasteiger partial charge in [0, 0.05) is 17.1 Å². The highest BCUT2D eigenvalue weighted by Crippen LogP contribution is 2.43. The molecule has 1 nitrogen and oxygen atoms in total. The predicted molar refractivity (Wildman–Crippen MR) is 218 cm³/mol. The quantitative estimate of drug-likeness (QED) is 0.166. The Bertz CT molecular complexity index is 2450. The maximum atomic E-state index is 2.42. The van der Waals surface area contributed by atoms with Gasteiger partial charge in [0.1, 0.15) is 0 Å². The zero-order valence-electron chi connectivity index (χ0n) is 28.2. The van der Waals surface area contributed by atoms with Crippen LogP contribution in [-0.4, -0.2) is 0 Å². The Kier molecular flexibility index (Phi) is 7.92. The van der Waals surface area contributed by atoms with E-state index in [1.165, 1.54) is 66.1 Å². The first kappa shape index (κ1) is 30.4.